The van der Waals surface area contributed by atoms with Crippen LogP contribution in [-0.2, 0) is 16.1 Å². The molecule has 0 N–H and O–H groups in total. The third kappa shape index (κ3) is 4.51. The van der Waals surface area contributed by atoms with Crippen LogP contribution in [0, 0.1) is 0 Å². The van der Waals surface area contributed by atoms with Gasteiger partial charge in [0.25, 0.3) is 0 Å². The first-order valence-corrected chi connectivity index (χ1v) is 10.7. The second-order valence-corrected chi connectivity index (χ2v) is 8.29. The van der Waals surface area contributed by atoms with Gasteiger partial charge in [-0.05, 0) is 41.6 Å². The molecule has 4 rings (SSSR count). The molecule has 6 heteroatoms. The van der Waals surface area contributed by atoms with Crippen LogP contribution in [0.4, 0.5) is 5.69 Å². The molecule has 146 valence electrons. The molecule has 1 aromatic heterocycles. The van der Waals surface area contributed by atoms with Crippen molar-refractivity contribution in [3.63, 3.8) is 0 Å². The molecule has 2 fully saturated rings. The van der Waals surface area contributed by atoms with E-state index in [2.05, 4.69) is 22.4 Å². The van der Waals surface area contributed by atoms with Gasteiger partial charge in [0.15, 0.2) is 0 Å². The molecule has 1 aromatic carbocycles. The van der Waals surface area contributed by atoms with Gasteiger partial charge in [0, 0.05) is 62.3 Å². The minimum Gasteiger partial charge on any atom is -0.337 e. The van der Waals surface area contributed by atoms with Crippen LogP contribution in [0.5, 0.6) is 0 Å². The standard InChI is InChI=1S/C22H25N3O2S/c26-21(24-14-12-23(13-15-24)17-20-3-2-16-28-20)10-7-18-5-8-19(9-6-18)25-11-1-4-22(25)27/h2-3,5-10,16H,1,4,11-15,17H2/b10-7+. The van der Waals surface area contributed by atoms with Gasteiger partial charge in [-0.15, -0.1) is 11.3 Å². The lowest BCUT2D eigenvalue weighted by molar-refractivity contribution is -0.127. The molecule has 0 atom stereocenters. The minimum atomic E-state index is 0.0644. The first-order chi connectivity index (χ1) is 13.7. The molecular weight excluding hydrogens is 370 g/mol. The molecule has 0 unspecified atom stereocenters. The van der Waals surface area contributed by atoms with Crippen molar-refractivity contribution in [2.75, 3.05) is 37.6 Å². The summed E-state index contributed by atoms with van der Waals surface area (Å²) in [7, 11) is 0. The van der Waals surface area contributed by atoms with Crippen LogP contribution in [0.3, 0.4) is 0 Å². The zero-order valence-corrected chi connectivity index (χ0v) is 16.7. The van der Waals surface area contributed by atoms with Crippen LogP contribution in [0.2, 0.25) is 0 Å². The molecule has 0 bridgehead atoms. The number of carbonyl (C=O) groups excluding carboxylic acids is 2. The monoisotopic (exact) mass is 395 g/mol. The van der Waals surface area contributed by atoms with Gasteiger partial charge in [-0.2, -0.15) is 0 Å². The van der Waals surface area contributed by atoms with Crippen LogP contribution in [0.25, 0.3) is 6.08 Å². The summed E-state index contributed by atoms with van der Waals surface area (Å²) in [4.78, 5) is 31.8. The van der Waals surface area contributed by atoms with Crippen molar-refractivity contribution in [3.8, 4) is 0 Å². The summed E-state index contributed by atoms with van der Waals surface area (Å²) in [6.45, 7) is 5.13. The minimum absolute atomic E-state index is 0.0644. The highest BCUT2D eigenvalue weighted by molar-refractivity contribution is 7.09. The van der Waals surface area contributed by atoms with Crippen molar-refractivity contribution in [1.29, 1.82) is 0 Å². The number of anilines is 1. The van der Waals surface area contributed by atoms with Gasteiger partial charge in [0.1, 0.15) is 0 Å². The zero-order chi connectivity index (χ0) is 19.3. The molecule has 0 radical (unpaired) electrons. The number of carbonyl (C=O) groups is 2. The van der Waals surface area contributed by atoms with E-state index in [9.17, 15) is 9.59 Å². The Labute approximate surface area is 169 Å². The molecule has 5 nitrogen and oxygen atoms in total. The van der Waals surface area contributed by atoms with Gasteiger partial charge < -0.3 is 9.80 Å². The van der Waals surface area contributed by atoms with E-state index in [0.29, 0.717) is 6.42 Å². The summed E-state index contributed by atoms with van der Waals surface area (Å²) in [5.74, 6) is 0.256. The Morgan fingerprint density at radius 2 is 1.82 bits per heavy atom. The average Bonchev–Trinajstić information content (AvgIpc) is 3.39. The number of hydrogen-bond donors (Lipinski definition) is 0. The van der Waals surface area contributed by atoms with Crippen molar-refractivity contribution >= 4 is 34.9 Å². The second-order valence-electron chi connectivity index (χ2n) is 7.25. The van der Waals surface area contributed by atoms with E-state index in [1.807, 2.05) is 40.1 Å². The maximum Gasteiger partial charge on any atom is 0.246 e. The Morgan fingerprint density at radius 3 is 2.46 bits per heavy atom. The van der Waals surface area contributed by atoms with Crippen LogP contribution in [0.1, 0.15) is 23.3 Å². The van der Waals surface area contributed by atoms with Crippen molar-refractivity contribution in [2.24, 2.45) is 0 Å². The number of hydrogen-bond acceptors (Lipinski definition) is 4. The fourth-order valence-corrected chi connectivity index (χ4v) is 4.45. The molecule has 2 amide bonds. The molecule has 2 aromatic rings. The second kappa shape index (κ2) is 8.71. The van der Waals surface area contributed by atoms with Gasteiger partial charge in [0.05, 0.1) is 0 Å². The third-order valence-electron chi connectivity index (χ3n) is 5.34. The summed E-state index contributed by atoms with van der Waals surface area (Å²) in [5.41, 5.74) is 1.91. The molecule has 3 heterocycles. The summed E-state index contributed by atoms with van der Waals surface area (Å²) in [6, 6.07) is 12.1. The Balaban J connectivity index is 1.27. The van der Waals surface area contributed by atoms with Gasteiger partial charge >= 0.3 is 0 Å². The van der Waals surface area contributed by atoms with Gasteiger partial charge in [-0.25, -0.2) is 0 Å². The predicted octanol–water partition coefficient (Wildman–Crippen LogP) is 3.23. The quantitative estimate of drug-likeness (QED) is 0.730. The third-order valence-corrected chi connectivity index (χ3v) is 6.20. The maximum atomic E-state index is 12.5. The number of rotatable bonds is 5. The topological polar surface area (TPSA) is 43.9 Å². The smallest absolute Gasteiger partial charge is 0.246 e. The van der Waals surface area contributed by atoms with Crippen molar-refractivity contribution < 1.29 is 9.59 Å². The fourth-order valence-electron chi connectivity index (χ4n) is 3.71. The Morgan fingerprint density at radius 1 is 1.04 bits per heavy atom. The number of piperazine rings is 1. The van der Waals surface area contributed by atoms with Crippen LogP contribution in [-0.4, -0.2) is 54.3 Å². The molecule has 2 saturated heterocycles. The largest absolute Gasteiger partial charge is 0.337 e. The predicted molar refractivity (Wildman–Crippen MR) is 113 cm³/mol. The Hall–Kier alpha value is -2.44. The fraction of sp³-hybridized carbons (Fsp3) is 0.364. The van der Waals surface area contributed by atoms with E-state index < -0.39 is 0 Å². The lowest BCUT2D eigenvalue weighted by Gasteiger charge is -2.34. The number of benzene rings is 1. The number of thiophene rings is 1. The van der Waals surface area contributed by atoms with E-state index >= 15 is 0 Å². The lowest BCUT2D eigenvalue weighted by atomic mass is 10.1. The van der Waals surface area contributed by atoms with Gasteiger partial charge in [0.2, 0.25) is 11.8 Å². The molecule has 2 aliphatic rings. The summed E-state index contributed by atoms with van der Waals surface area (Å²) in [6.07, 6.45) is 5.08. The molecule has 0 spiro atoms. The summed E-state index contributed by atoms with van der Waals surface area (Å²) in [5, 5.41) is 2.11. The highest BCUT2D eigenvalue weighted by Gasteiger charge is 2.21. The Bertz CT molecular complexity index is 837. The lowest BCUT2D eigenvalue weighted by Crippen LogP contribution is -2.47. The maximum absolute atomic E-state index is 12.5. The van der Waals surface area contributed by atoms with E-state index in [-0.39, 0.29) is 11.8 Å². The summed E-state index contributed by atoms with van der Waals surface area (Å²) >= 11 is 1.78. The van der Waals surface area contributed by atoms with Crippen LogP contribution < -0.4 is 4.90 Å². The number of nitrogens with zero attached hydrogens (tertiary/aromatic N) is 3. The van der Waals surface area contributed by atoms with E-state index in [0.717, 1.165) is 56.9 Å². The van der Waals surface area contributed by atoms with Crippen molar-refractivity contribution in [1.82, 2.24) is 9.80 Å². The van der Waals surface area contributed by atoms with E-state index in [4.69, 9.17) is 0 Å². The van der Waals surface area contributed by atoms with Crippen LogP contribution in [0.15, 0.2) is 47.9 Å². The van der Waals surface area contributed by atoms with Crippen molar-refractivity contribution in [3.05, 3.63) is 58.3 Å². The van der Waals surface area contributed by atoms with Crippen LogP contribution >= 0.6 is 11.3 Å². The first-order valence-electron chi connectivity index (χ1n) is 9.81. The highest BCUT2D eigenvalue weighted by atomic mass is 32.1. The molecule has 2 aliphatic heterocycles. The Kier molecular flexibility index (Phi) is 5.88. The zero-order valence-electron chi connectivity index (χ0n) is 15.9. The summed E-state index contributed by atoms with van der Waals surface area (Å²) < 4.78 is 0. The van der Waals surface area contributed by atoms with Gasteiger partial charge in [-0.1, -0.05) is 18.2 Å². The SMILES string of the molecule is O=C(/C=C/c1ccc(N2CCCC2=O)cc1)N1CCN(Cc2cccs2)CC1. The molecule has 0 aliphatic carbocycles. The molecular formula is C22H25N3O2S. The van der Waals surface area contributed by atoms with Crippen molar-refractivity contribution in [2.45, 2.75) is 19.4 Å². The molecule has 28 heavy (non-hydrogen) atoms. The molecule has 0 saturated carbocycles. The average molecular weight is 396 g/mol. The number of amides is 2. The normalized spacial score (nSPS) is 18.4. The van der Waals surface area contributed by atoms with E-state index in [1.165, 1.54) is 4.88 Å². The first kappa shape index (κ1) is 18.9. The van der Waals surface area contributed by atoms with E-state index in [1.54, 1.807) is 17.4 Å². The highest BCUT2D eigenvalue weighted by Crippen LogP contribution is 2.22. The van der Waals surface area contributed by atoms with Gasteiger partial charge in [-0.3, -0.25) is 14.5 Å².